The summed E-state index contributed by atoms with van der Waals surface area (Å²) in [5.74, 6) is 1.27. The number of aromatic nitrogens is 3. The van der Waals surface area contributed by atoms with E-state index in [2.05, 4.69) is 10.2 Å². The van der Waals surface area contributed by atoms with Crippen molar-refractivity contribution in [2.24, 2.45) is 0 Å². The normalized spacial score (nSPS) is 11.8. The third kappa shape index (κ3) is 6.19. The Morgan fingerprint density at radius 3 is 2.56 bits per heavy atom. The van der Waals surface area contributed by atoms with E-state index in [1.165, 1.54) is 23.9 Å². The van der Waals surface area contributed by atoms with Crippen molar-refractivity contribution in [2.75, 3.05) is 13.2 Å². The number of thioether (sulfide) groups is 1. The number of halogens is 1. The third-order valence-electron chi connectivity index (χ3n) is 5.29. The van der Waals surface area contributed by atoms with E-state index in [0.717, 1.165) is 5.69 Å². The van der Waals surface area contributed by atoms with E-state index in [4.69, 9.17) is 9.47 Å². The van der Waals surface area contributed by atoms with Crippen molar-refractivity contribution in [3.63, 3.8) is 0 Å². The van der Waals surface area contributed by atoms with Crippen LogP contribution in [-0.2, 0) is 6.61 Å². The quantitative estimate of drug-likeness (QED) is 0.144. The topological polar surface area (TPSA) is 92.3 Å². The van der Waals surface area contributed by atoms with Gasteiger partial charge in [-0.15, -0.1) is 10.2 Å². The summed E-state index contributed by atoms with van der Waals surface area (Å²) in [4.78, 5) is 11.2. The number of nitro groups is 1. The van der Waals surface area contributed by atoms with E-state index in [0.29, 0.717) is 40.2 Å². The molecule has 36 heavy (non-hydrogen) atoms. The Morgan fingerprint density at radius 2 is 1.83 bits per heavy atom. The zero-order valence-corrected chi connectivity index (χ0v) is 20.7. The minimum atomic E-state index is -0.553. The molecule has 0 unspecified atom stereocenters. The van der Waals surface area contributed by atoms with Crippen LogP contribution in [0.2, 0.25) is 0 Å². The summed E-state index contributed by atoms with van der Waals surface area (Å²) in [7, 11) is 0. The first-order chi connectivity index (χ1) is 17.4. The predicted molar refractivity (Wildman–Crippen MR) is 135 cm³/mol. The molecule has 0 saturated heterocycles. The molecule has 0 amide bonds. The van der Waals surface area contributed by atoms with E-state index >= 15 is 0 Å². The lowest BCUT2D eigenvalue weighted by Gasteiger charge is -2.17. The highest BCUT2D eigenvalue weighted by Crippen LogP contribution is 2.39. The van der Waals surface area contributed by atoms with Crippen LogP contribution in [0.25, 0.3) is 5.69 Å². The molecule has 4 rings (SSSR count). The van der Waals surface area contributed by atoms with Gasteiger partial charge in [-0.3, -0.25) is 14.7 Å². The van der Waals surface area contributed by atoms with Gasteiger partial charge in [-0.05, 0) is 61.4 Å². The summed E-state index contributed by atoms with van der Waals surface area (Å²) in [6.07, 6.45) is 0. The number of ether oxygens (including phenoxy) is 2. The Bertz CT molecular complexity index is 1330. The van der Waals surface area contributed by atoms with Gasteiger partial charge < -0.3 is 9.47 Å². The van der Waals surface area contributed by atoms with Gasteiger partial charge in [-0.25, -0.2) is 4.39 Å². The Morgan fingerprint density at radius 1 is 1.03 bits per heavy atom. The van der Waals surface area contributed by atoms with Gasteiger partial charge in [0.25, 0.3) is 0 Å². The van der Waals surface area contributed by atoms with Crippen LogP contribution >= 0.6 is 11.8 Å². The second kappa shape index (κ2) is 11.7. The summed E-state index contributed by atoms with van der Waals surface area (Å²) in [6.45, 7) is 3.90. The van der Waals surface area contributed by atoms with Crippen molar-refractivity contribution in [1.82, 2.24) is 14.8 Å². The van der Waals surface area contributed by atoms with Gasteiger partial charge in [0.1, 0.15) is 23.5 Å². The number of benzene rings is 3. The number of aryl methyl sites for hydroxylation is 1. The lowest BCUT2D eigenvalue weighted by molar-refractivity contribution is -0.479. The lowest BCUT2D eigenvalue weighted by atomic mass is 10.1. The van der Waals surface area contributed by atoms with Crippen molar-refractivity contribution in [3.8, 4) is 17.2 Å². The Hall–Kier alpha value is -3.92. The van der Waals surface area contributed by atoms with Crippen LogP contribution in [0.15, 0.2) is 78.0 Å². The van der Waals surface area contributed by atoms with Gasteiger partial charge in [0, 0.05) is 10.6 Å². The van der Waals surface area contributed by atoms with Crippen LogP contribution in [0.1, 0.15) is 29.1 Å². The maximum atomic E-state index is 13.5. The number of nitrogens with zero attached hydrogens (tertiary/aromatic N) is 4. The predicted octanol–water partition coefficient (Wildman–Crippen LogP) is 5.80. The van der Waals surface area contributed by atoms with Crippen LogP contribution in [0, 0.1) is 22.9 Å². The van der Waals surface area contributed by atoms with Gasteiger partial charge in [0.15, 0.2) is 16.7 Å². The molecular formula is C26H25FN4O4S. The smallest absolute Gasteiger partial charge is 0.220 e. The molecule has 1 atom stereocenters. The third-order valence-corrected chi connectivity index (χ3v) is 6.48. The van der Waals surface area contributed by atoms with Crippen LogP contribution in [0.5, 0.6) is 11.5 Å². The van der Waals surface area contributed by atoms with E-state index in [1.807, 2.05) is 48.7 Å². The first-order valence-corrected chi connectivity index (χ1v) is 12.2. The molecule has 0 spiro atoms. The van der Waals surface area contributed by atoms with Crippen molar-refractivity contribution in [1.29, 1.82) is 0 Å². The average Bonchev–Trinajstić information content (AvgIpc) is 3.23. The highest BCUT2D eigenvalue weighted by atomic mass is 32.2. The highest BCUT2D eigenvalue weighted by Gasteiger charge is 2.25. The molecule has 0 saturated carbocycles. The van der Waals surface area contributed by atoms with Crippen LogP contribution in [-0.4, -0.2) is 32.8 Å². The van der Waals surface area contributed by atoms with Crippen molar-refractivity contribution >= 4 is 11.8 Å². The van der Waals surface area contributed by atoms with E-state index in [-0.39, 0.29) is 23.9 Å². The van der Waals surface area contributed by atoms with E-state index in [1.54, 1.807) is 30.3 Å². The maximum absolute atomic E-state index is 13.5. The summed E-state index contributed by atoms with van der Waals surface area (Å²) in [6, 6.07) is 21.0. The van der Waals surface area contributed by atoms with Crippen molar-refractivity contribution in [2.45, 2.75) is 30.9 Å². The molecule has 0 bridgehead atoms. The first-order valence-electron chi connectivity index (χ1n) is 11.3. The van der Waals surface area contributed by atoms with Crippen LogP contribution in [0.3, 0.4) is 0 Å². The highest BCUT2D eigenvalue weighted by molar-refractivity contribution is 7.99. The Kier molecular flexibility index (Phi) is 8.17. The van der Waals surface area contributed by atoms with Crippen molar-refractivity contribution in [3.05, 3.63) is 106 Å². The van der Waals surface area contributed by atoms with Gasteiger partial charge in [0.05, 0.1) is 6.61 Å². The summed E-state index contributed by atoms with van der Waals surface area (Å²) in [5.41, 5.74) is 2.25. The second-order valence-electron chi connectivity index (χ2n) is 7.88. The fraction of sp³-hybridized carbons (Fsp3) is 0.231. The molecule has 0 radical (unpaired) electrons. The Labute approximate surface area is 212 Å². The molecule has 186 valence electrons. The minimum absolute atomic E-state index is 0.156. The second-order valence-corrected chi connectivity index (χ2v) is 9.05. The molecule has 1 heterocycles. The van der Waals surface area contributed by atoms with Crippen molar-refractivity contribution < 1.29 is 18.8 Å². The number of hydrogen-bond acceptors (Lipinski definition) is 7. The molecule has 0 fully saturated rings. The Balaban J connectivity index is 1.62. The largest absolute Gasteiger partial charge is 0.490 e. The molecule has 8 nitrogen and oxygen atoms in total. The zero-order valence-electron chi connectivity index (χ0n) is 19.8. The first kappa shape index (κ1) is 25.2. The lowest BCUT2D eigenvalue weighted by Crippen LogP contribution is -2.11. The van der Waals surface area contributed by atoms with Crippen LogP contribution in [0.4, 0.5) is 4.39 Å². The molecule has 0 aliphatic rings. The van der Waals surface area contributed by atoms with Gasteiger partial charge in [-0.1, -0.05) is 48.2 Å². The van der Waals surface area contributed by atoms with Gasteiger partial charge in [0.2, 0.25) is 6.54 Å². The molecule has 0 N–H and O–H groups in total. The standard InChI is InChI=1S/C26H25FN4O4S/c1-3-34-24-15-20(12-13-23(24)35-17-19-8-7-9-21(27)14-19)25(16-30(32)33)36-26-29-28-18(2)31(26)22-10-5-4-6-11-22/h4-15,25H,3,16-17H2,1-2H3/t25-/m1/s1. The fourth-order valence-corrected chi connectivity index (χ4v) is 4.83. The molecular weight excluding hydrogens is 483 g/mol. The summed E-state index contributed by atoms with van der Waals surface area (Å²) >= 11 is 1.27. The molecule has 10 heteroatoms. The molecule has 0 aliphatic carbocycles. The minimum Gasteiger partial charge on any atom is -0.490 e. The maximum Gasteiger partial charge on any atom is 0.220 e. The average molecular weight is 509 g/mol. The van der Waals surface area contributed by atoms with E-state index < -0.39 is 5.25 Å². The zero-order chi connectivity index (χ0) is 25.5. The monoisotopic (exact) mass is 508 g/mol. The number of hydrogen-bond donors (Lipinski definition) is 0. The SMILES string of the molecule is CCOc1cc([C@@H](C[N+](=O)[O-])Sc2nnc(C)n2-c2ccccc2)ccc1OCc1cccc(F)c1. The van der Waals surface area contributed by atoms with E-state index in [9.17, 15) is 14.5 Å². The molecule has 4 aromatic rings. The number of para-hydroxylation sites is 1. The van der Waals surface area contributed by atoms with Crippen LogP contribution < -0.4 is 9.47 Å². The van der Waals surface area contributed by atoms with Gasteiger partial charge in [-0.2, -0.15) is 0 Å². The molecule has 0 aliphatic heterocycles. The summed E-state index contributed by atoms with van der Waals surface area (Å²) < 4.78 is 27.0. The van der Waals surface area contributed by atoms with Gasteiger partial charge >= 0.3 is 0 Å². The number of rotatable bonds is 11. The molecule has 3 aromatic carbocycles. The summed E-state index contributed by atoms with van der Waals surface area (Å²) in [5, 5.41) is 20.0. The fourth-order valence-electron chi connectivity index (χ4n) is 3.67. The molecule has 1 aromatic heterocycles.